The first-order chi connectivity index (χ1) is 12.2. The Morgan fingerprint density at radius 1 is 1.12 bits per heavy atom. The molecule has 2 aromatic rings. The number of nitrogens with one attached hydrogen (secondary N) is 2. The maximum atomic E-state index is 4.33. The molecule has 1 heterocycles. The summed E-state index contributed by atoms with van der Waals surface area (Å²) >= 11 is 0. The average molecular weight is 467 g/mol. The van der Waals surface area contributed by atoms with Crippen molar-refractivity contribution >= 4 is 29.9 Å². The predicted octanol–water partition coefficient (Wildman–Crippen LogP) is 2.93. The highest BCUT2D eigenvalue weighted by Crippen LogP contribution is 2.05. The molecule has 0 spiro atoms. The molecular weight excluding hydrogens is 437 g/mol. The van der Waals surface area contributed by atoms with Crippen LogP contribution in [0.3, 0.4) is 0 Å². The third kappa shape index (κ3) is 8.14. The third-order valence-corrected chi connectivity index (χ3v) is 4.22. The molecule has 142 valence electrons. The number of guanidine groups is 1. The number of aromatic nitrogens is 1. The largest absolute Gasteiger partial charge is 0.356 e. The first-order valence-electron chi connectivity index (χ1n) is 8.77. The van der Waals surface area contributed by atoms with Crippen LogP contribution in [0.1, 0.15) is 18.2 Å². The molecule has 0 bridgehead atoms. The Balaban J connectivity index is 0.00000338. The van der Waals surface area contributed by atoms with Crippen molar-refractivity contribution in [2.75, 3.05) is 27.2 Å². The smallest absolute Gasteiger partial charge is 0.191 e. The Bertz CT molecular complexity index is 633. The van der Waals surface area contributed by atoms with Gasteiger partial charge in [0.2, 0.25) is 0 Å². The minimum atomic E-state index is 0. The molecule has 0 aliphatic rings. The number of nitrogens with zero attached hydrogens (tertiary/aromatic N) is 3. The summed E-state index contributed by atoms with van der Waals surface area (Å²) < 4.78 is 0. The standard InChI is InChI=1S/C20H29N5.HI/c1-17(25(3)16-18-9-5-4-6-10-18)15-24-20(21-2)23-14-12-19-11-7-8-13-22-19;/h4-11,13,17H,12,14-16H2,1-3H3,(H2,21,23,24);1H. The fourth-order valence-corrected chi connectivity index (χ4v) is 2.50. The van der Waals surface area contributed by atoms with Gasteiger partial charge in [-0.1, -0.05) is 36.4 Å². The van der Waals surface area contributed by atoms with Gasteiger partial charge in [0.05, 0.1) is 0 Å². The Kier molecular flexibility index (Phi) is 10.9. The van der Waals surface area contributed by atoms with Crippen LogP contribution in [0.5, 0.6) is 0 Å². The quantitative estimate of drug-likeness (QED) is 0.356. The van der Waals surface area contributed by atoms with E-state index in [9.17, 15) is 0 Å². The second-order valence-electron chi connectivity index (χ2n) is 6.20. The summed E-state index contributed by atoms with van der Waals surface area (Å²) in [6, 6.07) is 16.9. The highest BCUT2D eigenvalue weighted by Gasteiger charge is 2.10. The van der Waals surface area contributed by atoms with Crippen LogP contribution in [-0.4, -0.2) is 49.1 Å². The van der Waals surface area contributed by atoms with Crippen molar-refractivity contribution in [3.8, 4) is 0 Å². The van der Waals surface area contributed by atoms with E-state index in [0.29, 0.717) is 6.04 Å². The van der Waals surface area contributed by atoms with Gasteiger partial charge in [-0.3, -0.25) is 14.9 Å². The zero-order chi connectivity index (χ0) is 17.9. The van der Waals surface area contributed by atoms with Crippen LogP contribution in [0.25, 0.3) is 0 Å². The number of hydrogen-bond donors (Lipinski definition) is 2. The van der Waals surface area contributed by atoms with Gasteiger partial charge in [0.25, 0.3) is 0 Å². The summed E-state index contributed by atoms with van der Waals surface area (Å²) in [5, 5.41) is 6.74. The highest BCUT2D eigenvalue weighted by molar-refractivity contribution is 14.0. The number of pyridine rings is 1. The van der Waals surface area contributed by atoms with Gasteiger partial charge in [0, 0.05) is 51.0 Å². The van der Waals surface area contributed by atoms with Crippen LogP contribution >= 0.6 is 24.0 Å². The number of halogens is 1. The first kappa shape index (κ1) is 22.4. The van der Waals surface area contributed by atoms with Crippen molar-refractivity contribution in [3.63, 3.8) is 0 Å². The topological polar surface area (TPSA) is 52.6 Å². The maximum Gasteiger partial charge on any atom is 0.191 e. The van der Waals surface area contributed by atoms with Crippen LogP contribution < -0.4 is 10.6 Å². The monoisotopic (exact) mass is 467 g/mol. The fourth-order valence-electron chi connectivity index (χ4n) is 2.50. The Morgan fingerprint density at radius 3 is 2.50 bits per heavy atom. The minimum absolute atomic E-state index is 0. The maximum absolute atomic E-state index is 4.33. The molecule has 0 saturated heterocycles. The lowest BCUT2D eigenvalue weighted by molar-refractivity contribution is 0.249. The van der Waals surface area contributed by atoms with E-state index in [4.69, 9.17) is 0 Å². The van der Waals surface area contributed by atoms with Gasteiger partial charge in [-0.15, -0.1) is 24.0 Å². The molecule has 26 heavy (non-hydrogen) atoms. The lowest BCUT2D eigenvalue weighted by atomic mass is 10.2. The fraction of sp³-hybridized carbons (Fsp3) is 0.400. The van der Waals surface area contributed by atoms with E-state index in [1.54, 1.807) is 7.05 Å². The van der Waals surface area contributed by atoms with Crippen molar-refractivity contribution < 1.29 is 0 Å². The molecule has 5 nitrogen and oxygen atoms in total. The van der Waals surface area contributed by atoms with Crippen LogP contribution in [0.15, 0.2) is 59.7 Å². The van der Waals surface area contributed by atoms with Gasteiger partial charge in [-0.25, -0.2) is 0 Å². The third-order valence-electron chi connectivity index (χ3n) is 4.22. The van der Waals surface area contributed by atoms with Crippen molar-refractivity contribution in [2.45, 2.75) is 25.9 Å². The van der Waals surface area contributed by atoms with Crippen LogP contribution in [-0.2, 0) is 13.0 Å². The summed E-state index contributed by atoms with van der Waals surface area (Å²) in [5.74, 6) is 0.830. The molecule has 0 fully saturated rings. The molecule has 0 aliphatic heterocycles. The van der Waals surface area contributed by atoms with Crippen molar-refractivity contribution in [3.05, 3.63) is 66.0 Å². The van der Waals surface area contributed by atoms with Crippen LogP contribution in [0.4, 0.5) is 0 Å². The van der Waals surface area contributed by atoms with E-state index in [-0.39, 0.29) is 24.0 Å². The number of aliphatic imine (C=N–C) groups is 1. The van der Waals surface area contributed by atoms with Gasteiger partial charge in [0.1, 0.15) is 0 Å². The molecule has 0 radical (unpaired) electrons. The summed E-state index contributed by atoms with van der Waals surface area (Å²) in [5.41, 5.74) is 2.41. The first-order valence-corrected chi connectivity index (χ1v) is 8.77. The van der Waals surface area contributed by atoms with Crippen molar-refractivity contribution in [1.82, 2.24) is 20.5 Å². The second-order valence-corrected chi connectivity index (χ2v) is 6.20. The molecule has 2 rings (SSSR count). The lowest BCUT2D eigenvalue weighted by Gasteiger charge is -2.25. The zero-order valence-corrected chi connectivity index (χ0v) is 18.2. The molecule has 1 aromatic carbocycles. The molecule has 1 atom stereocenters. The molecular formula is C20H30IN5. The average Bonchev–Trinajstić information content (AvgIpc) is 2.65. The van der Waals surface area contributed by atoms with Gasteiger partial charge in [-0.05, 0) is 31.7 Å². The van der Waals surface area contributed by atoms with Crippen molar-refractivity contribution in [1.29, 1.82) is 0 Å². The Labute approximate surface area is 174 Å². The number of benzene rings is 1. The summed E-state index contributed by atoms with van der Waals surface area (Å²) in [6.07, 6.45) is 2.71. The SMILES string of the molecule is CN=C(NCCc1ccccn1)NCC(C)N(C)Cc1ccccc1.I. The van der Waals surface area contributed by atoms with E-state index in [1.807, 2.05) is 24.4 Å². The van der Waals surface area contributed by atoms with Gasteiger partial charge < -0.3 is 10.6 Å². The Hall–Kier alpha value is -1.67. The van der Waals surface area contributed by atoms with Crippen LogP contribution in [0, 0.1) is 0 Å². The zero-order valence-electron chi connectivity index (χ0n) is 15.9. The van der Waals surface area contributed by atoms with Gasteiger partial charge in [-0.2, -0.15) is 0 Å². The van der Waals surface area contributed by atoms with E-state index >= 15 is 0 Å². The van der Waals surface area contributed by atoms with E-state index < -0.39 is 0 Å². The molecule has 1 aromatic heterocycles. The summed E-state index contributed by atoms with van der Waals surface area (Å²) in [6.45, 7) is 4.81. The Morgan fingerprint density at radius 2 is 1.85 bits per heavy atom. The van der Waals surface area contributed by atoms with Crippen molar-refractivity contribution in [2.24, 2.45) is 4.99 Å². The molecule has 2 N–H and O–H groups in total. The molecule has 6 heteroatoms. The van der Waals surface area contributed by atoms with E-state index in [1.165, 1.54) is 5.56 Å². The van der Waals surface area contributed by atoms with Gasteiger partial charge in [0.15, 0.2) is 5.96 Å². The second kappa shape index (κ2) is 12.6. The number of hydrogen-bond acceptors (Lipinski definition) is 3. The normalized spacial score (nSPS) is 12.4. The lowest BCUT2D eigenvalue weighted by Crippen LogP contribution is -2.45. The summed E-state index contributed by atoms with van der Waals surface area (Å²) in [4.78, 5) is 11.0. The number of likely N-dealkylation sites (N-methyl/N-ethyl adjacent to an activating group) is 1. The number of rotatable bonds is 8. The molecule has 0 aliphatic carbocycles. The summed E-state index contributed by atoms with van der Waals surface area (Å²) in [7, 11) is 3.95. The highest BCUT2D eigenvalue weighted by atomic mass is 127. The van der Waals surface area contributed by atoms with Crippen LogP contribution in [0.2, 0.25) is 0 Å². The molecule has 1 unspecified atom stereocenters. The van der Waals surface area contributed by atoms with E-state index in [0.717, 1.165) is 37.7 Å². The molecule has 0 saturated carbocycles. The van der Waals surface area contributed by atoms with Gasteiger partial charge >= 0.3 is 0 Å². The van der Waals surface area contributed by atoms with E-state index in [2.05, 4.69) is 69.8 Å². The minimum Gasteiger partial charge on any atom is -0.356 e. The predicted molar refractivity (Wildman–Crippen MR) is 120 cm³/mol. The molecule has 0 amide bonds.